The van der Waals surface area contributed by atoms with Gasteiger partial charge in [-0.2, -0.15) is 0 Å². The summed E-state index contributed by atoms with van der Waals surface area (Å²) in [4.78, 5) is 9.67. The van der Waals surface area contributed by atoms with Gasteiger partial charge in [0.1, 0.15) is 11.3 Å². The van der Waals surface area contributed by atoms with Gasteiger partial charge in [0.05, 0.1) is 27.0 Å². The zero-order valence-electron chi connectivity index (χ0n) is 20.1. The predicted octanol–water partition coefficient (Wildman–Crippen LogP) is 5.30. The first-order valence-corrected chi connectivity index (χ1v) is 10.8. The van der Waals surface area contributed by atoms with Crippen molar-refractivity contribution in [3.8, 4) is 28.6 Å². The summed E-state index contributed by atoms with van der Waals surface area (Å²) in [5, 5.41) is 8.28. The van der Waals surface area contributed by atoms with Gasteiger partial charge >= 0.3 is 0 Å². The first-order valence-electron chi connectivity index (χ1n) is 10.8. The zero-order chi connectivity index (χ0) is 23.7. The molecular weight excluding hydrogens is 418 g/mol. The molecule has 0 aliphatic carbocycles. The lowest BCUT2D eigenvalue weighted by atomic mass is 10.1. The first-order chi connectivity index (χ1) is 15.9. The van der Waals surface area contributed by atoms with Gasteiger partial charge in [0.2, 0.25) is 5.75 Å². The van der Waals surface area contributed by atoms with E-state index < -0.39 is 0 Å². The highest BCUT2D eigenvalue weighted by Gasteiger charge is 2.20. The maximum atomic E-state index is 5.51. The van der Waals surface area contributed by atoms with Crippen LogP contribution in [-0.2, 0) is 0 Å². The molecule has 8 nitrogen and oxygen atoms in total. The minimum absolute atomic E-state index is 0.195. The summed E-state index contributed by atoms with van der Waals surface area (Å²) >= 11 is 0. The maximum Gasteiger partial charge on any atom is 0.203 e. The Kier molecular flexibility index (Phi) is 6.09. The molecule has 2 heterocycles. The fourth-order valence-corrected chi connectivity index (χ4v) is 3.76. The van der Waals surface area contributed by atoms with E-state index in [1.807, 2.05) is 35.7 Å². The molecule has 1 N–H and O–H groups in total. The minimum Gasteiger partial charge on any atom is -0.493 e. The molecule has 0 aliphatic heterocycles. The van der Waals surface area contributed by atoms with Crippen molar-refractivity contribution in [1.29, 1.82) is 0 Å². The van der Waals surface area contributed by atoms with Crippen molar-refractivity contribution in [2.45, 2.75) is 33.6 Å². The quantitative estimate of drug-likeness (QED) is 0.411. The third-order valence-electron chi connectivity index (χ3n) is 5.44. The lowest BCUT2D eigenvalue weighted by Gasteiger charge is -2.16. The van der Waals surface area contributed by atoms with Crippen LogP contribution in [0, 0.1) is 13.8 Å². The number of benzene rings is 2. The lowest BCUT2D eigenvalue weighted by Crippen LogP contribution is -2.07. The van der Waals surface area contributed by atoms with Gasteiger partial charge in [-0.25, -0.2) is 14.5 Å². The number of methoxy groups -OCH3 is 3. The van der Waals surface area contributed by atoms with Crippen molar-refractivity contribution >= 4 is 17.0 Å². The van der Waals surface area contributed by atoms with E-state index in [0.717, 1.165) is 28.3 Å². The molecule has 0 spiro atoms. The summed E-state index contributed by atoms with van der Waals surface area (Å²) in [6, 6.07) is 11.9. The number of hydrogen-bond donors (Lipinski definition) is 1. The van der Waals surface area contributed by atoms with Crippen molar-refractivity contribution in [2.24, 2.45) is 0 Å². The molecule has 0 saturated heterocycles. The molecule has 0 fully saturated rings. The summed E-state index contributed by atoms with van der Waals surface area (Å²) in [5.41, 5.74) is 4.52. The average molecular weight is 448 g/mol. The molecule has 4 aromatic rings. The molecule has 0 radical (unpaired) electrons. The van der Waals surface area contributed by atoms with Crippen LogP contribution in [-0.4, -0.2) is 40.9 Å². The Labute approximate surface area is 193 Å². The Balaban J connectivity index is 1.92. The monoisotopic (exact) mass is 447 g/mol. The number of rotatable bonds is 7. The van der Waals surface area contributed by atoms with Gasteiger partial charge in [-0.05, 0) is 13.8 Å². The van der Waals surface area contributed by atoms with Crippen LogP contribution in [0.15, 0.2) is 36.4 Å². The summed E-state index contributed by atoms with van der Waals surface area (Å²) in [5.74, 6) is 3.96. The van der Waals surface area contributed by atoms with Gasteiger partial charge in [0.15, 0.2) is 23.1 Å². The number of anilines is 2. The third kappa shape index (κ3) is 4.16. The first kappa shape index (κ1) is 22.4. The molecule has 4 rings (SSSR count). The van der Waals surface area contributed by atoms with Gasteiger partial charge in [-0.15, -0.1) is 5.10 Å². The Morgan fingerprint density at radius 1 is 0.879 bits per heavy atom. The topological polar surface area (TPSA) is 82.8 Å². The van der Waals surface area contributed by atoms with Crippen molar-refractivity contribution in [2.75, 3.05) is 26.6 Å². The fourth-order valence-electron chi connectivity index (χ4n) is 3.76. The normalized spacial score (nSPS) is 11.2. The second-order valence-electron chi connectivity index (χ2n) is 8.16. The van der Waals surface area contributed by atoms with Crippen LogP contribution in [0.3, 0.4) is 0 Å². The van der Waals surface area contributed by atoms with Gasteiger partial charge in [-0.3, -0.25) is 0 Å². The fraction of sp³-hybridized carbons (Fsp3) is 0.320. The molecule has 0 saturated carbocycles. The van der Waals surface area contributed by atoms with Crippen LogP contribution in [0.25, 0.3) is 16.9 Å². The van der Waals surface area contributed by atoms with E-state index in [2.05, 4.69) is 38.2 Å². The van der Waals surface area contributed by atoms with Gasteiger partial charge in [0.25, 0.3) is 0 Å². The number of aryl methyl sites for hydroxylation is 2. The molecule has 0 atom stereocenters. The largest absolute Gasteiger partial charge is 0.493 e. The molecule has 2 aromatic carbocycles. The summed E-state index contributed by atoms with van der Waals surface area (Å²) < 4.78 is 18.4. The number of fused-ring (bicyclic) bond motifs is 1. The average Bonchev–Trinajstić information content (AvgIpc) is 3.15. The van der Waals surface area contributed by atoms with Crippen LogP contribution >= 0.6 is 0 Å². The van der Waals surface area contributed by atoms with Crippen molar-refractivity contribution in [1.82, 2.24) is 19.6 Å². The summed E-state index contributed by atoms with van der Waals surface area (Å²) in [6.07, 6.45) is 0. The molecule has 0 bridgehead atoms. The SMILES string of the molecule is COc1cc(Nc2nc(-c3ccc(C)cc3)nn3c(C(C)C)nc(C)c23)cc(OC)c1OC. The van der Waals surface area contributed by atoms with Gasteiger partial charge < -0.3 is 19.5 Å². The van der Waals surface area contributed by atoms with E-state index in [9.17, 15) is 0 Å². The molecule has 0 unspecified atom stereocenters. The maximum absolute atomic E-state index is 5.51. The summed E-state index contributed by atoms with van der Waals surface area (Å²) in [7, 11) is 4.77. The second kappa shape index (κ2) is 8.97. The van der Waals surface area contributed by atoms with E-state index >= 15 is 0 Å². The highest BCUT2D eigenvalue weighted by atomic mass is 16.5. The highest BCUT2D eigenvalue weighted by molar-refractivity contribution is 5.79. The Morgan fingerprint density at radius 2 is 1.52 bits per heavy atom. The van der Waals surface area contributed by atoms with Gasteiger partial charge in [0, 0.05) is 29.3 Å². The number of hydrogen-bond acceptors (Lipinski definition) is 7. The number of nitrogens with zero attached hydrogens (tertiary/aromatic N) is 4. The minimum atomic E-state index is 0.195. The molecule has 0 amide bonds. The molecule has 2 aromatic heterocycles. The number of aromatic nitrogens is 4. The zero-order valence-corrected chi connectivity index (χ0v) is 20.1. The molecule has 8 heteroatoms. The highest BCUT2D eigenvalue weighted by Crippen LogP contribution is 2.41. The standard InChI is InChI=1S/C25H29N5O3/c1-14(2)25-26-16(4)21-24(27-18-12-19(31-5)22(33-7)20(13-18)32-6)28-23(29-30(21)25)17-10-8-15(3)9-11-17/h8-14H,1-7H3,(H,27,28,29). The number of nitrogens with one attached hydrogen (secondary N) is 1. The van der Waals surface area contributed by atoms with Crippen molar-refractivity contribution < 1.29 is 14.2 Å². The second-order valence-corrected chi connectivity index (χ2v) is 8.16. The molecule has 33 heavy (non-hydrogen) atoms. The van der Waals surface area contributed by atoms with E-state index in [0.29, 0.717) is 28.9 Å². The molecule has 0 aliphatic rings. The van der Waals surface area contributed by atoms with Crippen LogP contribution < -0.4 is 19.5 Å². The van der Waals surface area contributed by atoms with E-state index in [4.69, 9.17) is 29.3 Å². The summed E-state index contributed by atoms with van der Waals surface area (Å²) in [6.45, 7) is 8.24. The van der Waals surface area contributed by atoms with E-state index in [1.54, 1.807) is 21.3 Å². The van der Waals surface area contributed by atoms with Crippen molar-refractivity contribution in [3.05, 3.63) is 53.5 Å². The molecule has 172 valence electrons. The third-order valence-corrected chi connectivity index (χ3v) is 5.44. The predicted molar refractivity (Wildman–Crippen MR) is 129 cm³/mol. The smallest absolute Gasteiger partial charge is 0.203 e. The molecular formula is C25H29N5O3. The van der Waals surface area contributed by atoms with Crippen LogP contribution in [0.2, 0.25) is 0 Å². The van der Waals surface area contributed by atoms with Crippen molar-refractivity contribution in [3.63, 3.8) is 0 Å². The Hall–Kier alpha value is -3.81. The lowest BCUT2D eigenvalue weighted by molar-refractivity contribution is 0.324. The number of imidazole rings is 1. The van der Waals surface area contributed by atoms with Crippen LogP contribution in [0.1, 0.15) is 36.8 Å². The number of ether oxygens (including phenoxy) is 3. The van der Waals surface area contributed by atoms with Gasteiger partial charge in [-0.1, -0.05) is 43.7 Å². The van der Waals surface area contributed by atoms with E-state index in [1.165, 1.54) is 5.56 Å². The Bertz CT molecular complexity index is 1270. The van der Waals surface area contributed by atoms with Crippen LogP contribution in [0.5, 0.6) is 17.2 Å². The van der Waals surface area contributed by atoms with E-state index in [-0.39, 0.29) is 5.92 Å². The Morgan fingerprint density at radius 3 is 2.06 bits per heavy atom. The van der Waals surface area contributed by atoms with Crippen LogP contribution in [0.4, 0.5) is 11.5 Å².